The molecule has 0 amide bonds. The Hall–Kier alpha value is -0.610. The summed E-state index contributed by atoms with van der Waals surface area (Å²) in [6, 6.07) is 0. The molecule has 0 saturated carbocycles. The largest absolute Gasteiger partial charge is 0.293 e. The highest BCUT2D eigenvalue weighted by atomic mass is 35.5. The lowest BCUT2D eigenvalue weighted by atomic mass is 10.3. The topological polar surface area (TPSA) is 42.9 Å². The van der Waals surface area contributed by atoms with Gasteiger partial charge in [-0.05, 0) is 6.26 Å². The Morgan fingerprint density at radius 3 is 2.75 bits per heavy atom. The normalized spacial score (nSPS) is 9.92. The molecular weight excluding hydrogens is 196 g/mol. The van der Waals surface area contributed by atoms with Gasteiger partial charge in [-0.1, -0.05) is 11.6 Å². The van der Waals surface area contributed by atoms with E-state index in [0.29, 0.717) is 5.03 Å². The van der Waals surface area contributed by atoms with Gasteiger partial charge in [0.15, 0.2) is 10.9 Å². The zero-order valence-electron chi connectivity index (χ0n) is 6.67. The molecule has 0 fully saturated rings. The van der Waals surface area contributed by atoms with Gasteiger partial charge in [-0.2, -0.15) is 0 Å². The van der Waals surface area contributed by atoms with Gasteiger partial charge in [0.1, 0.15) is 10.7 Å². The zero-order chi connectivity index (χ0) is 9.14. The predicted molar refractivity (Wildman–Crippen MR) is 48.8 cm³/mol. The number of hydrogen-bond donors (Lipinski definition) is 0. The third kappa shape index (κ3) is 1.95. The van der Waals surface area contributed by atoms with Gasteiger partial charge in [-0.25, -0.2) is 9.97 Å². The summed E-state index contributed by atoms with van der Waals surface area (Å²) in [7, 11) is 0. The molecule has 0 bridgehead atoms. The summed E-state index contributed by atoms with van der Waals surface area (Å²) in [5.74, 6) is -0.167. The van der Waals surface area contributed by atoms with Crippen molar-refractivity contribution in [3.05, 3.63) is 17.0 Å². The van der Waals surface area contributed by atoms with Crippen LogP contribution in [0, 0.1) is 0 Å². The van der Waals surface area contributed by atoms with E-state index >= 15 is 0 Å². The molecule has 0 radical (unpaired) electrons. The van der Waals surface area contributed by atoms with E-state index < -0.39 is 0 Å². The molecule has 1 heterocycles. The van der Waals surface area contributed by atoms with Crippen LogP contribution in [0.4, 0.5) is 0 Å². The lowest BCUT2D eigenvalue weighted by Gasteiger charge is -1.99. The van der Waals surface area contributed by atoms with Crippen molar-refractivity contribution in [1.29, 1.82) is 0 Å². The second kappa shape index (κ2) is 3.87. The summed E-state index contributed by atoms with van der Waals surface area (Å²) in [6.45, 7) is 1.41. The number of carbonyl (C=O) groups is 1. The first-order valence-electron chi connectivity index (χ1n) is 3.22. The highest BCUT2D eigenvalue weighted by molar-refractivity contribution is 7.98. The first-order valence-corrected chi connectivity index (χ1v) is 4.83. The van der Waals surface area contributed by atoms with Crippen molar-refractivity contribution in [3.8, 4) is 0 Å². The van der Waals surface area contributed by atoms with Gasteiger partial charge in [-0.15, -0.1) is 11.8 Å². The second-order valence-corrected chi connectivity index (χ2v) is 3.29. The molecule has 12 heavy (non-hydrogen) atoms. The fourth-order valence-electron chi connectivity index (χ4n) is 0.686. The highest BCUT2D eigenvalue weighted by Crippen LogP contribution is 2.16. The SMILES string of the molecule is CSc1cnc(C(C)=O)c(Cl)n1. The fraction of sp³-hybridized carbons (Fsp3) is 0.286. The molecular formula is C7H7ClN2OS. The monoisotopic (exact) mass is 202 g/mol. The third-order valence-corrected chi connectivity index (χ3v) is 2.13. The molecule has 0 N–H and O–H groups in total. The molecule has 0 aliphatic carbocycles. The second-order valence-electron chi connectivity index (χ2n) is 2.11. The lowest BCUT2D eigenvalue weighted by Crippen LogP contribution is -1.99. The van der Waals surface area contributed by atoms with E-state index in [0.717, 1.165) is 0 Å². The number of halogens is 1. The van der Waals surface area contributed by atoms with E-state index in [1.807, 2.05) is 6.26 Å². The maximum atomic E-state index is 10.9. The first-order chi connectivity index (χ1) is 5.65. The van der Waals surface area contributed by atoms with E-state index in [1.165, 1.54) is 24.9 Å². The smallest absolute Gasteiger partial charge is 0.181 e. The van der Waals surface area contributed by atoms with Crippen LogP contribution >= 0.6 is 23.4 Å². The Morgan fingerprint density at radius 1 is 1.67 bits per heavy atom. The number of aromatic nitrogens is 2. The summed E-state index contributed by atoms with van der Waals surface area (Å²) in [6.07, 6.45) is 3.40. The Kier molecular flexibility index (Phi) is 3.05. The highest BCUT2D eigenvalue weighted by Gasteiger charge is 2.08. The van der Waals surface area contributed by atoms with Gasteiger partial charge >= 0.3 is 0 Å². The lowest BCUT2D eigenvalue weighted by molar-refractivity contribution is 0.101. The number of Topliss-reactive ketones (excluding diaryl/α,β-unsaturated/α-hetero) is 1. The summed E-state index contributed by atoms with van der Waals surface area (Å²) >= 11 is 7.13. The minimum absolute atomic E-state index is 0.167. The Labute approximate surface area is 79.6 Å². The van der Waals surface area contributed by atoms with E-state index in [4.69, 9.17) is 11.6 Å². The van der Waals surface area contributed by atoms with Crippen LogP contribution in [0.2, 0.25) is 5.15 Å². The van der Waals surface area contributed by atoms with Gasteiger partial charge in [0.05, 0.1) is 6.20 Å². The van der Waals surface area contributed by atoms with Crippen molar-refractivity contribution in [1.82, 2.24) is 9.97 Å². The van der Waals surface area contributed by atoms with Crippen molar-refractivity contribution < 1.29 is 4.79 Å². The van der Waals surface area contributed by atoms with Gasteiger partial charge in [0.25, 0.3) is 0 Å². The number of nitrogens with zero attached hydrogens (tertiary/aromatic N) is 2. The number of rotatable bonds is 2. The molecule has 1 rings (SSSR count). The zero-order valence-corrected chi connectivity index (χ0v) is 8.24. The van der Waals surface area contributed by atoms with Gasteiger partial charge in [-0.3, -0.25) is 4.79 Å². The molecule has 3 nitrogen and oxygen atoms in total. The van der Waals surface area contributed by atoms with Crippen LogP contribution in [0.25, 0.3) is 0 Å². The Balaban J connectivity index is 3.12. The van der Waals surface area contributed by atoms with E-state index in [1.54, 1.807) is 0 Å². The van der Waals surface area contributed by atoms with Crippen LogP contribution < -0.4 is 0 Å². The van der Waals surface area contributed by atoms with Crippen LogP contribution in [0.3, 0.4) is 0 Å². The summed E-state index contributed by atoms with van der Waals surface area (Å²) < 4.78 is 0. The summed E-state index contributed by atoms with van der Waals surface area (Å²) in [5, 5.41) is 0.888. The van der Waals surface area contributed by atoms with E-state index in [-0.39, 0.29) is 16.6 Å². The minimum atomic E-state index is -0.167. The van der Waals surface area contributed by atoms with Crippen molar-refractivity contribution in [3.63, 3.8) is 0 Å². The van der Waals surface area contributed by atoms with Crippen molar-refractivity contribution in [2.45, 2.75) is 11.9 Å². The maximum absolute atomic E-state index is 10.9. The predicted octanol–water partition coefficient (Wildman–Crippen LogP) is 2.05. The average molecular weight is 203 g/mol. The van der Waals surface area contributed by atoms with E-state index in [2.05, 4.69) is 9.97 Å². The number of hydrogen-bond acceptors (Lipinski definition) is 4. The third-order valence-electron chi connectivity index (χ3n) is 1.25. The average Bonchev–Trinajstić information content (AvgIpc) is 2.03. The number of carbonyl (C=O) groups excluding carboxylic acids is 1. The molecule has 0 unspecified atom stereocenters. The molecule has 1 aromatic heterocycles. The standard InChI is InChI=1S/C7H7ClN2OS/c1-4(11)6-7(8)10-5(12-2)3-9-6/h3H,1-2H3. The Bertz CT molecular complexity index is 316. The fourth-order valence-corrected chi connectivity index (χ4v) is 1.35. The molecule has 5 heteroatoms. The van der Waals surface area contributed by atoms with E-state index in [9.17, 15) is 4.79 Å². The minimum Gasteiger partial charge on any atom is -0.293 e. The quantitative estimate of drug-likeness (QED) is 0.544. The molecule has 0 aromatic carbocycles. The van der Waals surface area contributed by atoms with Crippen LogP contribution in [-0.2, 0) is 0 Å². The van der Waals surface area contributed by atoms with Crippen LogP contribution in [0.1, 0.15) is 17.4 Å². The van der Waals surface area contributed by atoms with Crippen LogP contribution in [0.15, 0.2) is 11.2 Å². The molecule has 0 saturated heterocycles. The first kappa shape index (κ1) is 9.48. The van der Waals surface area contributed by atoms with Crippen molar-refractivity contribution >= 4 is 29.1 Å². The van der Waals surface area contributed by atoms with Gasteiger partial charge in [0.2, 0.25) is 0 Å². The molecule has 0 aliphatic rings. The molecule has 1 aromatic rings. The van der Waals surface area contributed by atoms with Crippen molar-refractivity contribution in [2.24, 2.45) is 0 Å². The van der Waals surface area contributed by atoms with Gasteiger partial charge < -0.3 is 0 Å². The van der Waals surface area contributed by atoms with Crippen LogP contribution in [0.5, 0.6) is 0 Å². The summed E-state index contributed by atoms with van der Waals surface area (Å²) in [5.41, 5.74) is 0.231. The van der Waals surface area contributed by atoms with Gasteiger partial charge in [0, 0.05) is 6.92 Å². The van der Waals surface area contributed by atoms with Crippen molar-refractivity contribution in [2.75, 3.05) is 6.26 Å². The number of thioether (sulfide) groups is 1. The Morgan fingerprint density at radius 2 is 2.33 bits per heavy atom. The number of ketones is 1. The molecule has 0 spiro atoms. The molecule has 0 aliphatic heterocycles. The summed E-state index contributed by atoms with van der Waals surface area (Å²) in [4.78, 5) is 18.7. The van der Waals surface area contributed by atoms with Crippen LogP contribution in [-0.4, -0.2) is 22.0 Å². The molecule has 64 valence electrons. The molecule has 0 atom stereocenters. The maximum Gasteiger partial charge on any atom is 0.181 e.